The number of nitrogens with one attached hydrogen (secondary N) is 1. The molecule has 0 radical (unpaired) electrons. The zero-order valence-electron chi connectivity index (χ0n) is 17.4. The normalized spacial score (nSPS) is 16.3. The summed E-state index contributed by atoms with van der Waals surface area (Å²) in [6.07, 6.45) is 3.63. The number of carbonyl (C=O) groups is 1. The molecular weight excluding hydrogens is 395 g/mol. The topological polar surface area (TPSA) is 67.3 Å². The highest BCUT2D eigenvalue weighted by atomic mass is 19.1. The van der Waals surface area contributed by atoms with Gasteiger partial charge in [0, 0.05) is 18.4 Å². The fourth-order valence-corrected chi connectivity index (χ4v) is 3.79. The second kappa shape index (κ2) is 9.66. The largest absolute Gasteiger partial charge is 0.492 e. The summed E-state index contributed by atoms with van der Waals surface area (Å²) < 4.78 is 18.7. The van der Waals surface area contributed by atoms with Crippen LogP contribution in [-0.2, 0) is 0 Å². The highest BCUT2D eigenvalue weighted by Crippen LogP contribution is 2.29. The summed E-state index contributed by atoms with van der Waals surface area (Å²) >= 11 is 0. The van der Waals surface area contributed by atoms with E-state index in [-0.39, 0.29) is 17.8 Å². The zero-order valence-corrected chi connectivity index (χ0v) is 17.4. The van der Waals surface area contributed by atoms with E-state index in [0.717, 1.165) is 37.4 Å². The molecule has 4 rings (SSSR count). The Kier molecular flexibility index (Phi) is 6.52. The lowest BCUT2D eigenvalue weighted by molar-refractivity contribution is 0.102. The summed E-state index contributed by atoms with van der Waals surface area (Å²) in [6, 6.07) is 15.5. The number of rotatable bonds is 7. The molecule has 2 aromatic carbocycles. The van der Waals surface area contributed by atoms with E-state index in [1.54, 1.807) is 18.3 Å². The third-order valence-electron chi connectivity index (χ3n) is 5.40. The number of para-hydroxylation sites is 1. The molecule has 6 nitrogen and oxygen atoms in total. The molecule has 0 bridgehead atoms. The highest BCUT2D eigenvalue weighted by molar-refractivity contribution is 6.04. The Balaban J connectivity index is 1.38. The summed E-state index contributed by atoms with van der Waals surface area (Å²) in [7, 11) is 0. The molecule has 2 heterocycles. The number of likely N-dealkylation sites (tertiary alicyclic amines) is 1. The van der Waals surface area contributed by atoms with Gasteiger partial charge >= 0.3 is 0 Å². The first kappa shape index (κ1) is 20.9. The third kappa shape index (κ3) is 5.24. The first-order valence-corrected chi connectivity index (χ1v) is 10.4. The smallest absolute Gasteiger partial charge is 0.259 e. The Morgan fingerprint density at radius 2 is 1.97 bits per heavy atom. The maximum absolute atomic E-state index is 13.0. The lowest BCUT2D eigenvalue weighted by atomic mass is 10.1. The van der Waals surface area contributed by atoms with Crippen LogP contribution in [0.1, 0.15) is 40.8 Å². The highest BCUT2D eigenvalue weighted by Gasteiger charge is 2.28. The number of halogens is 1. The molecule has 31 heavy (non-hydrogen) atoms. The minimum Gasteiger partial charge on any atom is -0.492 e. The van der Waals surface area contributed by atoms with Gasteiger partial charge in [-0.15, -0.1) is 0 Å². The van der Waals surface area contributed by atoms with Crippen molar-refractivity contribution in [2.24, 2.45) is 0 Å². The van der Waals surface area contributed by atoms with Crippen LogP contribution < -0.4 is 10.1 Å². The van der Waals surface area contributed by atoms with Crippen molar-refractivity contribution in [3.63, 3.8) is 0 Å². The van der Waals surface area contributed by atoms with Crippen molar-refractivity contribution in [1.82, 2.24) is 14.9 Å². The average molecular weight is 420 g/mol. The van der Waals surface area contributed by atoms with Crippen molar-refractivity contribution in [3.8, 4) is 5.75 Å². The van der Waals surface area contributed by atoms with Crippen molar-refractivity contribution in [2.45, 2.75) is 25.8 Å². The predicted molar refractivity (Wildman–Crippen MR) is 117 cm³/mol. The maximum Gasteiger partial charge on any atom is 0.259 e. The van der Waals surface area contributed by atoms with E-state index >= 15 is 0 Å². The summed E-state index contributed by atoms with van der Waals surface area (Å²) in [4.78, 5) is 24.0. The molecule has 160 valence electrons. The molecule has 7 heteroatoms. The fraction of sp³-hybridized carbons (Fsp3) is 0.292. The van der Waals surface area contributed by atoms with Crippen LogP contribution in [0, 0.1) is 12.7 Å². The van der Waals surface area contributed by atoms with Gasteiger partial charge in [-0.05, 0) is 62.7 Å². The minimum atomic E-state index is -0.277. The SMILES string of the molecule is Cc1nc([C@H]2CCCN2CCOc2ccc(F)cc2)ncc1C(=O)Nc1ccccc1. The molecule has 1 amide bonds. The average Bonchev–Trinajstić information content (AvgIpc) is 3.24. The number of hydrogen-bond donors (Lipinski definition) is 1. The van der Waals surface area contributed by atoms with E-state index in [2.05, 4.69) is 20.2 Å². The number of aryl methyl sites for hydroxylation is 1. The van der Waals surface area contributed by atoms with Crippen LogP contribution in [0.25, 0.3) is 0 Å². The van der Waals surface area contributed by atoms with Gasteiger partial charge in [-0.3, -0.25) is 9.69 Å². The number of anilines is 1. The van der Waals surface area contributed by atoms with Crippen molar-refractivity contribution < 1.29 is 13.9 Å². The van der Waals surface area contributed by atoms with Crippen molar-refractivity contribution in [3.05, 3.63) is 83.7 Å². The van der Waals surface area contributed by atoms with E-state index in [1.165, 1.54) is 12.1 Å². The molecule has 1 aliphatic heterocycles. The van der Waals surface area contributed by atoms with E-state index in [9.17, 15) is 9.18 Å². The second-order valence-corrected chi connectivity index (χ2v) is 7.54. The molecule has 1 aliphatic rings. The van der Waals surface area contributed by atoms with E-state index in [0.29, 0.717) is 23.6 Å². The molecule has 0 unspecified atom stereocenters. The van der Waals surface area contributed by atoms with Gasteiger partial charge in [0.25, 0.3) is 5.91 Å². The predicted octanol–water partition coefficient (Wildman–Crippen LogP) is 4.39. The van der Waals surface area contributed by atoms with Gasteiger partial charge in [0.1, 0.15) is 24.0 Å². The Labute approximate surface area is 181 Å². The first-order chi connectivity index (χ1) is 15.1. The molecule has 1 saturated heterocycles. The maximum atomic E-state index is 13.0. The van der Waals surface area contributed by atoms with Gasteiger partial charge < -0.3 is 10.1 Å². The molecular formula is C24H25FN4O2. The van der Waals surface area contributed by atoms with Crippen LogP contribution >= 0.6 is 0 Å². The van der Waals surface area contributed by atoms with Crippen LogP contribution in [0.15, 0.2) is 60.8 Å². The van der Waals surface area contributed by atoms with Crippen LogP contribution in [-0.4, -0.2) is 40.5 Å². The van der Waals surface area contributed by atoms with Gasteiger partial charge in [-0.2, -0.15) is 0 Å². The van der Waals surface area contributed by atoms with Crippen LogP contribution in [0.4, 0.5) is 10.1 Å². The first-order valence-electron chi connectivity index (χ1n) is 10.4. The van der Waals surface area contributed by atoms with Crippen molar-refractivity contribution in [2.75, 3.05) is 25.0 Å². The second-order valence-electron chi connectivity index (χ2n) is 7.54. The number of carbonyl (C=O) groups excluding carboxylic acids is 1. The number of hydrogen-bond acceptors (Lipinski definition) is 5. The standard InChI is InChI=1S/C24H25FN4O2/c1-17-21(24(30)28-19-6-3-2-4-7-19)16-26-23(27-17)22-8-5-13-29(22)14-15-31-20-11-9-18(25)10-12-20/h2-4,6-7,9-12,16,22H,5,8,13-15H2,1H3,(H,28,30)/t22-/m1/s1. The van der Waals surface area contributed by atoms with Crippen LogP contribution in [0.5, 0.6) is 5.75 Å². The van der Waals surface area contributed by atoms with Crippen LogP contribution in [0.2, 0.25) is 0 Å². The molecule has 0 saturated carbocycles. The van der Waals surface area contributed by atoms with Gasteiger partial charge in [0.15, 0.2) is 0 Å². The van der Waals surface area contributed by atoms with Gasteiger partial charge in [-0.1, -0.05) is 18.2 Å². The zero-order chi connectivity index (χ0) is 21.6. The number of amides is 1. The molecule has 1 N–H and O–H groups in total. The summed E-state index contributed by atoms with van der Waals surface area (Å²) in [5, 5.41) is 2.87. The lowest BCUT2D eigenvalue weighted by Crippen LogP contribution is -2.29. The summed E-state index contributed by atoms with van der Waals surface area (Å²) in [5.41, 5.74) is 1.86. The van der Waals surface area contributed by atoms with Gasteiger partial charge in [0.2, 0.25) is 0 Å². The molecule has 0 spiro atoms. The molecule has 3 aromatic rings. The van der Waals surface area contributed by atoms with E-state index in [1.807, 2.05) is 37.3 Å². The monoisotopic (exact) mass is 420 g/mol. The third-order valence-corrected chi connectivity index (χ3v) is 5.40. The lowest BCUT2D eigenvalue weighted by Gasteiger charge is -2.23. The summed E-state index contributed by atoms with van der Waals surface area (Å²) in [5.74, 6) is 0.887. The number of aromatic nitrogens is 2. The van der Waals surface area contributed by atoms with Gasteiger partial charge in [-0.25, -0.2) is 14.4 Å². The fourth-order valence-electron chi connectivity index (χ4n) is 3.79. The molecule has 0 aliphatic carbocycles. The quantitative estimate of drug-likeness (QED) is 0.614. The van der Waals surface area contributed by atoms with Gasteiger partial charge in [0.05, 0.1) is 17.3 Å². The number of nitrogens with zero attached hydrogens (tertiary/aromatic N) is 3. The Morgan fingerprint density at radius 1 is 1.19 bits per heavy atom. The number of benzene rings is 2. The number of ether oxygens (including phenoxy) is 1. The Morgan fingerprint density at radius 3 is 2.71 bits per heavy atom. The van der Waals surface area contributed by atoms with Crippen molar-refractivity contribution >= 4 is 11.6 Å². The van der Waals surface area contributed by atoms with Crippen LogP contribution in [0.3, 0.4) is 0 Å². The Bertz CT molecular complexity index is 1030. The summed E-state index contributed by atoms with van der Waals surface area (Å²) in [6.45, 7) is 4.00. The van der Waals surface area contributed by atoms with E-state index in [4.69, 9.17) is 4.74 Å². The van der Waals surface area contributed by atoms with Crippen molar-refractivity contribution in [1.29, 1.82) is 0 Å². The molecule has 1 fully saturated rings. The minimum absolute atomic E-state index is 0.0988. The molecule has 1 atom stereocenters. The Hall–Kier alpha value is -3.32. The van der Waals surface area contributed by atoms with E-state index < -0.39 is 0 Å². The molecule has 1 aromatic heterocycles.